The molecule has 0 aromatic heterocycles. The minimum Gasteiger partial charge on any atom is -0.493 e. The molecule has 1 aliphatic heterocycles. The van der Waals surface area contributed by atoms with Gasteiger partial charge in [-0.25, -0.2) is 4.79 Å². The van der Waals surface area contributed by atoms with Crippen molar-refractivity contribution in [1.82, 2.24) is 4.90 Å². The molecule has 3 rings (SSSR count). The highest BCUT2D eigenvalue weighted by atomic mass is 35.5. The number of benzene rings is 2. The van der Waals surface area contributed by atoms with Crippen LogP contribution in [-0.4, -0.2) is 63.9 Å². The number of ether oxygens (including phenoxy) is 3. The molecule has 0 atom stereocenters. The lowest BCUT2D eigenvalue weighted by Gasteiger charge is -2.36. The van der Waals surface area contributed by atoms with Gasteiger partial charge in [0.1, 0.15) is 0 Å². The number of hydrogen-bond acceptors (Lipinski definition) is 6. The third kappa shape index (κ3) is 5.14. The van der Waals surface area contributed by atoms with Crippen molar-refractivity contribution in [3.8, 4) is 11.5 Å². The average Bonchev–Trinajstić information content (AvgIpc) is 2.79. The number of halogens is 1. The molecule has 0 saturated carbocycles. The second-order valence-corrected chi connectivity index (χ2v) is 7.24. The fourth-order valence-corrected chi connectivity index (χ4v) is 3.73. The largest absolute Gasteiger partial charge is 0.493 e. The molecule has 0 unspecified atom stereocenters. The van der Waals surface area contributed by atoms with Gasteiger partial charge < -0.3 is 29.3 Å². The Balaban J connectivity index is 1.78. The highest BCUT2D eigenvalue weighted by Crippen LogP contribution is 2.35. The first kappa shape index (κ1) is 22.6. The van der Waals surface area contributed by atoms with Gasteiger partial charge in [-0.3, -0.25) is 4.79 Å². The fraction of sp³-hybridized carbons (Fsp3) is 0.364. The number of anilines is 2. The first-order valence-corrected chi connectivity index (χ1v) is 10.3. The summed E-state index contributed by atoms with van der Waals surface area (Å²) in [6, 6.07) is 10.3. The first-order valence-electron chi connectivity index (χ1n) is 9.97. The minimum absolute atomic E-state index is 0.297. The standard InChI is InChI=1S/C22H26ClN3O5/c1-4-31-22(28)26-12-10-25(11-13-26)20-16(23)6-5-7-17(20)24-21(27)15-8-9-18(29-2)19(14-15)30-3/h5-9,14H,4,10-13H2,1-3H3,(H,24,27). The molecule has 0 radical (unpaired) electrons. The molecule has 31 heavy (non-hydrogen) atoms. The zero-order chi connectivity index (χ0) is 22.4. The zero-order valence-corrected chi connectivity index (χ0v) is 18.6. The second kappa shape index (κ2) is 10.3. The molecule has 166 valence electrons. The predicted octanol–water partition coefficient (Wildman–Crippen LogP) is 3.89. The molecule has 2 amide bonds. The Hall–Kier alpha value is -3.13. The molecule has 0 spiro atoms. The molecule has 2 aromatic carbocycles. The topological polar surface area (TPSA) is 80.3 Å². The summed E-state index contributed by atoms with van der Waals surface area (Å²) in [5.41, 5.74) is 1.74. The third-order valence-corrected chi connectivity index (χ3v) is 5.31. The van der Waals surface area contributed by atoms with Gasteiger partial charge in [-0.05, 0) is 37.3 Å². The highest BCUT2D eigenvalue weighted by Gasteiger charge is 2.25. The van der Waals surface area contributed by atoms with Crippen LogP contribution >= 0.6 is 11.6 Å². The van der Waals surface area contributed by atoms with E-state index >= 15 is 0 Å². The third-order valence-electron chi connectivity index (χ3n) is 5.00. The van der Waals surface area contributed by atoms with Gasteiger partial charge in [-0.2, -0.15) is 0 Å². The monoisotopic (exact) mass is 447 g/mol. The lowest BCUT2D eigenvalue weighted by Crippen LogP contribution is -2.49. The van der Waals surface area contributed by atoms with Crippen LogP contribution in [0, 0.1) is 0 Å². The highest BCUT2D eigenvalue weighted by molar-refractivity contribution is 6.34. The molecule has 1 saturated heterocycles. The van der Waals surface area contributed by atoms with E-state index in [0.717, 1.165) is 5.69 Å². The maximum absolute atomic E-state index is 12.9. The molecular weight excluding hydrogens is 422 g/mol. The van der Waals surface area contributed by atoms with Crippen LogP contribution in [0.5, 0.6) is 11.5 Å². The van der Waals surface area contributed by atoms with Crippen LogP contribution in [0.1, 0.15) is 17.3 Å². The Morgan fingerprint density at radius 1 is 1.03 bits per heavy atom. The van der Waals surface area contributed by atoms with E-state index in [1.54, 1.807) is 48.2 Å². The molecule has 2 aromatic rings. The summed E-state index contributed by atoms with van der Waals surface area (Å²) in [7, 11) is 3.06. The van der Waals surface area contributed by atoms with Crippen molar-refractivity contribution in [2.24, 2.45) is 0 Å². The summed E-state index contributed by atoms with van der Waals surface area (Å²) in [5.74, 6) is 0.716. The van der Waals surface area contributed by atoms with Crippen molar-refractivity contribution >= 4 is 35.0 Å². The van der Waals surface area contributed by atoms with Crippen LogP contribution in [-0.2, 0) is 4.74 Å². The number of nitrogens with zero attached hydrogens (tertiary/aromatic N) is 2. The number of para-hydroxylation sites is 1. The summed E-state index contributed by atoms with van der Waals surface area (Å²) in [6.07, 6.45) is -0.316. The Labute approximate surface area is 186 Å². The molecule has 1 heterocycles. The average molecular weight is 448 g/mol. The summed E-state index contributed by atoms with van der Waals surface area (Å²) >= 11 is 6.49. The fourth-order valence-electron chi connectivity index (χ4n) is 3.44. The van der Waals surface area contributed by atoms with Crippen LogP contribution < -0.4 is 19.7 Å². The number of rotatable bonds is 6. The van der Waals surface area contributed by atoms with Crippen LogP contribution in [0.3, 0.4) is 0 Å². The lowest BCUT2D eigenvalue weighted by atomic mass is 10.1. The van der Waals surface area contributed by atoms with E-state index in [1.165, 1.54) is 14.2 Å². The molecule has 8 nitrogen and oxygen atoms in total. The second-order valence-electron chi connectivity index (χ2n) is 6.83. The lowest BCUT2D eigenvalue weighted by molar-refractivity contribution is 0.102. The number of carbonyl (C=O) groups excluding carboxylic acids is 2. The van der Waals surface area contributed by atoms with Gasteiger partial charge in [0.15, 0.2) is 11.5 Å². The molecule has 0 bridgehead atoms. The van der Waals surface area contributed by atoms with Crippen molar-refractivity contribution in [1.29, 1.82) is 0 Å². The maximum atomic E-state index is 12.9. The molecule has 9 heteroatoms. The number of hydrogen-bond donors (Lipinski definition) is 1. The number of nitrogens with one attached hydrogen (secondary N) is 1. The quantitative estimate of drug-likeness (QED) is 0.723. The molecule has 1 aliphatic rings. The van der Waals surface area contributed by atoms with Crippen molar-refractivity contribution in [2.75, 3.05) is 57.2 Å². The Morgan fingerprint density at radius 2 is 1.74 bits per heavy atom. The summed E-state index contributed by atoms with van der Waals surface area (Å²) in [4.78, 5) is 28.6. The number of carbonyl (C=O) groups is 2. The molecule has 1 N–H and O–H groups in total. The van der Waals surface area contributed by atoms with Crippen molar-refractivity contribution in [3.63, 3.8) is 0 Å². The molecule has 0 aliphatic carbocycles. The molecule has 1 fully saturated rings. The Morgan fingerprint density at radius 3 is 2.39 bits per heavy atom. The van der Waals surface area contributed by atoms with Crippen molar-refractivity contribution in [2.45, 2.75) is 6.92 Å². The van der Waals surface area contributed by atoms with E-state index in [4.69, 9.17) is 25.8 Å². The summed E-state index contributed by atoms with van der Waals surface area (Å²) in [5, 5.41) is 3.46. The van der Waals surface area contributed by atoms with E-state index in [9.17, 15) is 9.59 Å². The zero-order valence-electron chi connectivity index (χ0n) is 17.8. The number of methoxy groups -OCH3 is 2. The van der Waals surface area contributed by atoms with Gasteiger partial charge in [-0.1, -0.05) is 17.7 Å². The SMILES string of the molecule is CCOC(=O)N1CCN(c2c(Cl)cccc2NC(=O)c2ccc(OC)c(OC)c2)CC1. The van der Waals surface area contributed by atoms with E-state index in [1.807, 2.05) is 0 Å². The minimum atomic E-state index is -0.316. The van der Waals surface area contributed by atoms with E-state index < -0.39 is 0 Å². The van der Waals surface area contributed by atoms with Gasteiger partial charge in [0.05, 0.1) is 37.2 Å². The van der Waals surface area contributed by atoms with E-state index in [-0.39, 0.29) is 12.0 Å². The van der Waals surface area contributed by atoms with Crippen molar-refractivity contribution < 1.29 is 23.8 Å². The summed E-state index contributed by atoms with van der Waals surface area (Å²) in [6.45, 7) is 4.28. The normalized spacial score (nSPS) is 13.5. The first-order chi connectivity index (χ1) is 15.0. The van der Waals surface area contributed by atoms with Gasteiger partial charge in [-0.15, -0.1) is 0 Å². The van der Waals surface area contributed by atoms with Crippen molar-refractivity contribution in [3.05, 3.63) is 47.0 Å². The molecular formula is C22H26ClN3O5. The van der Waals surface area contributed by atoms with Crippen LogP contribution in [0.2, 0.25) is 5.02 Å². The van der Waals surface area contributed by atoms with Crippen LogP contribution in [0.4, 0.5) is 16.2 Å². The van der Waals surface area contributed by atoms with E-state index in [2.05, 4.69) is 10.2 Å². The number of piperazine rings is 1. The van der Waals surface area contributed by atoms with Gasteiger partial charge >= 0.3 is 6.09 Å². The number of amides is 2. The predicted molar refractivity (Wildman–Crippen MR) is 120 cm³/mol. The maximum Gasteiger partial charge on any atom is 0.409 e. The Bertz CT molecular complexity index is 945. The van der Waals surface area contributed by atoms with Gasteiger partial charge in [0.2, 0.25) is 0 Å². The smallest absolute Gasteiger partial charge is 0.409 e. The van der Waals surface area contributed by atoms with Crippen LogP contribution in [0.25, 0.3) is 0 Å². The Kier molecular flexibility index (Phi) is 7.46. The van der Waals surface area contributed by atoms with E-state index in [0.29, 0.717) is 60.6 Å². The van der Waals surface area contributed by atoms with Gasteiger partial charge in [0, 0.05) is 31.7 Å². The van der Waals surface area contributed by atoms with Gasteiger partial charge in [0.25, 0.3) is 5.91 Å². The van der Waals surface area contributed by atoms with Crippen LogP contribution in [0.15, 0.2) is 36.4 Å². The summed E-state index contributed by atoms with van der Waals surface area (Å²) < 4.78 is 15.6.